The topological polar surface area (TPSA) is 0 Å². The maximum Gasteiger partial charge on any atom is 0.0412 e. The highest BCUT2D eigenvalue weighted by Crippen LogP contribution is 2.10. The molecule has 0 saturated heterocycles. The fourth-order valence-corrected chi connectivity index (χ4v) is 2.57. The van der Waals surface area contributed by atoms with Gasteiger partial charge < -0.3 is 0 Å². The second kappa shape index (κ2) is 13.7. The van der Waals surface area contributed by atoms with Crippen LogP contribution in [-0.4, -0.2) is 8.80 Å². The van der Waals surface area contributed by atoms with E-state index in [1.807, 2.05) is 0 Å². The standard InChI is InChI=1S/C12H27Si.BrH/c1-4-5-6-7-8-9-10-11-12-13(2)3;/h4-12H2,1-3H3;1H. The van der Waals surface area contributed by atoms with Gasteiger partial charge in [0.25, 0.3) is 0 Å². The van der Waals surface area contributed by atoms with Crippen LogP contribution in [0.1, 0.15) is 58.3 Å². The van der Waals surface area contributed by atoms with Gasteiger partial charge in [-0.05, 0) is 0 Å². The van der Waals surface area contributed by atoms with Crippen LogP contribution >= 0.6 is 17.0 Å². The van der Waals surface area contributed by atoms with Crippen molar-refractivity contribution in [2.45, 2.75) is 77.4 Å². The molecule has 0 unspecified atom stereocenters. The summed E-state index contributed by atoms with van der Waals surface area (Å²) in [7, 11) is 0.0644. The van der Waals surface area contributed by atoms with E-state index in [1.54, 1.807) is 0 Å². The lowest BCUT2D eigenvalue weighted by atomic mass is 10.1. The summed E-state index contributed by atoms with van der Waals surface area (Å²) in [5.74, 6) is 0. The van der Waals surface area contributed by atoms with E-state index in [9.17, 15) is 0 Å². The van der Waals surface area contributed by atoms with Crippen molar-refractivity contribution in [2.24, 2.45) is 0 Å². The van der Waals surface area contributed by atoms with Crippen molar-refractivity contribution in [3.05, 3.63) is 0 Å². The van der Waals surface area contributed by atoms with Gasteiger partial charge >= 0.3 is 0 Å². The molecule has 0 rings (SSSR count). The van der Waals surface area contributed by atoms with E-state index in [2.05, 4.69) is 20.0 Å². The Hall–Kier alpha value is 0.697. The Labute approximate surface area is 103 Å². The van der Waals surface area contributed by atoms with Crippen molar-refractivity contribution in [1.29, 1.82) is 0 Å². The summed E-state index contributed by atoms with van der Waals surface area (Å²) in [5.41, 5.74) is 0. The fourth-order valence-electron chi connectivity index (χ4n) is 1.61. The molecular weight excluding hydrogens is 252 g/mol. The van der Waals surface area contributed by atoms with E-state index in [1.165, 1.54) is 57.4 Å². The van der Waals surface area contributed by atoms with Crippen LogP contribution < -0.4 is 0 Å². The summed E-state index contributed by atoms with van der Waals surface area (Å²) in [6.07, 6.45) is 11.7. The minimum absolute atomic E-state index is 0. The molecule has 0 aliphatic rings. The van der Waals surface area contributed by atoms with E-state index < -0.39 is 0 Å². The zero-order valence-electron chi connectivity index (χ0n) is 10.3. The Morgan fingerprint density at radius 3 is 1.57 bits per heavy atom. The molecule has 1 radical (unpaired) electrons. The van der Waals surface area contributed by atoms with Crippen molar-refractivity contribution in [2.75, 3.05) is 0 Å². The minimum Gasteiger partial charge on any atom is -0.114 e. The summed E-state index contributed by atoms with van der Waals surface area (Å²) < 4.78 is 0. The lowest BCUT2D eigenvalue weighted by molar-refractivity contribution is 0.584. The van der Waals surface area contributed by atoms with Gasteiger partial charge in [-0.1, -0.05) is 77.4 Å². The second-order valence-electron chi connectivity index (χ2n) is 4.43. The first-order valence-electron chi connectivity index (χ1n) is 6.06. The van der Waals surface area contributed by atoms with Gasteiger partial charge in [-0.25, -0.2) is 0 Å². The number of halogens is 1. The van der Waals surface area contributed by atoms with E-state index in [0.29, 0.717) is 0 Å². The molecule has 0 atom stereocenters. The fraction of sp³-hybridized carbons (Fsp3) is 1.00. The number of hydrogen-bond donors (Lipinski definition) is 0. The molecule has 0 spiro atoms. The Kier molecular flexibility index (Phi) is 16.7. The van der Waals surface area contributed by atoms with E-state index >= 15 is 0 Å². The lowest BCUT2D eigenvalue weighted by Gasteiger charge is -2.02. The molecule has 0 N–H and O–H groups in total. The van der Waals surface area contributed by atoms with Crippen LogP contribution in [0.25, 0.3) is 0 Å². The van der Waals surface area contributed by atoms with Gasteiger partial charge in [-0.3, -0.25) is 0 Å². The van der Waals surface area contributed by atoms with Gasteiger partial charge in [0.2, 0.25) is 0 Å². The quantitative estimate of drug-likeness (QED) is 0.388. The lowest BCUT2D eigenvalue weighted by Crippen LogP contribution is -1.97. The maximum atomic E-state index is 2.42. The second-order valence-corrected chi connectivity index (χ2v) is 7.35. The van der Waals surface area contributed by atoms with Crippen LogP contribution in [0.4, 0.5) is 0 Å². The first kappa shape index (κ1) is 17.1. The molecule has 0 saturated carbocycles. The molecule has 0 nitrogen and oxygen atoms in total. The van der Waals surface area contributed by atoms with Gasteiger partial charge in [0.15, 0.2) is 0 Å². The normalized spacial score (nSPS) is 10.3. The van der Waals surface area contributed by atoms with Crippen molar-refractivity contribution in [1.82, 2.24) is 0 Å². The van der Waals surface area contributed by atoms with Gasteiger partial charge in [-0.2, -0.15) is 0 Å². The predicted octanol–water partition coefficient (Wildman–Crippen LogP) is 5.46. The molecule has 0 heterocycles. The molecule has 0 amide bonds. The summed E-state index contributed by atoms with van der Waals surface area (Å²) in [5, 5.41) is 0. The molecule has 0 aromatic heterocycles. The van der Waals surface area contributed by atoms with Crippen LogP contribution in [0.15, 0.2) is 0 Å². The molecule has 87 valence electrons. The molecular formula is C12H28BrSi. The largest absolute Gasteiger partial charge is 0.114 e. The minimum atomic E-state index is 0. The number of hydrogen-bond acceptors (Lipinski definition) is 0. The van der Waals surface area contributed by atoms with Crippen LogP contribution in [-0.2, 0) is 0 Å². The van der Waals surface area contributed by atoms with Crippen molar-refractivity contribution >= 4 is 25.8 Å². The SMILES string of the molecule is Br.CCCCCCCCCC[Si](C)C. The van der Waals surface area contributed by atoms with Gasteiger partial charge in [0.05, 0.1) is 0 Å². The third-order valence-corrected chi connectivity index (χ3v) is 3.88. The van der Waals surface area contributed by atoms with Crippen molar-refractivity contribution < 1.29 is 0 Å². The number of unbranched alkanes of at least 4 members (excludes halogenated alkanes) is 7. The van der Waals surface area contributed by atoms with Crippen LogP contribution in [0.3, 0.4) is 0 Å². The monoisotopic (exact) mass is 279 g/mol. The maximum absolute atomic E-state index is 2.42. The smallest absolute Gasteiger partial charge is 0.0412 e. The average Bonchev–Trinajstić information content (AvgIpc) is 2.09. The van der Waals surface area contributed by atoms with Crippen LogP contribution in [0, 0.1) is 0 Å². The summed E-state index contributed by atoms with van der Waals surface area (Å²) >= 11 is 0. The summed E-state index contributed by atoms with van der Waals surface area (Å²) in [4.78, 5) is 0. The molecule has 0 fully saturated rings. The molecule has 0 aromatic rings. The third-order valence-electron chi connectivity index (χ3n) is 2.53. The predicted molar refractivity (Wildman–Crippen MR) is 75.2 cm³/mol. The molecule has 0 aliphatic carbocycles. The molecule has 2 heteroatoms. The Morgan fingerprint density at radius 2 is 1.14 bits per heavy atom. The summed E-state index contributed by atoms with van der Waals surface area (Å²) in [6, 6.07) is 1.53. The molecule has 0 bridgehead atoms. The Morgan fingerprint density at radius 1 is 0.714 bits per heavy atom. The van der Waals surface area contributed by atoms with Crippen LogP contribution in [0.5, 0.6) is 0 Å². The third kappa shape index (κ3) is 15.2. The molecule has 14 heavy (non-hydrogen) atoms. The highest BCUT2D eigenvalue weighted by Gasteiger charge is 1.95. The Balaban J connectivity index is 0. The first-order valence-corrected chi connectivity index (χ1v) is 8.77. The summed E-state index contributed by atoms with van der Waals surface area (Å²) in [6.45, 7) is 7.13. The van der Waals surface area contributed by atoms with Gasteiger partial charge in [-0.15, -0.1) is 17.0 Å². The average molecular weight is 280 g/mol. The van der Waals surface area contributed by atoms with E-state index in [0.717, 1.165) is 0 Å². The van der Waals surface area contributed by atoms with E-state index in [4.69, 9.17) is 0 Å². The number of rotatable bonds is 9. The zero-order chi connectivity index (χ0) is 9.94. The molecule has 0 aromatic carbocycles. The highest BCUT2D eigenvalue weighted by atomic mass is 79.9. The van der Waals surface area contributed by atoms with Gasteiger partial charge in [0.1, 0.15) is 0 Å². The Bertz CT molecular complexity index is 94.3. The van der Waals surface area contributed by atoms with Crippen molar-refractivity contribution in [3.8, 4) is 0 Å². The van der Waals surface area contributed by atoms with Gasteiger partial charge in [0, 0.05) is 8.80 Å². The highest BCUT2D eigenvalue weighted by molar-refractivity contribution is 8.93. The van der Waals surface area contributed by atoms with Crippen molar-refractivity contribution in [3.63, 3.8) is 0 Å². The first-order chi connectivity index (χ1) is 6.27. The van der Waals surface area contributed by atoms with E-state index in [-0.39, 0.29) is 25.8 Å². The molecule has 0 aliphatic heterocycles. The zero-order valence-corrected chi connectivity index (χ0v) is 13.0. The van der Waals surface area contributed by atoms with Crippen LogP contribution in [0.2, 0.25) is 19.1 Å².